The molecule has 0 spiro atoms. The maximum absolute atomic E-state index is 11.3. The summed E-state index contributed by atoms with van der Waals surface area (Å²) in [7, 11) is 0. The Kier molecular flexibility index (Phi) is 5.58. The summed E-state index contributed by atoms with van der Waals surface area (Å²) in [5, 5.41) is 0. The van der Waals surface area contributed by atoms with E-state index in [4.69, 9.17) is 0 Å². The lowest BCUT2D eigenvalue weighted by Gasteiger charge is -2.01. The minimum Gasteiger partial charge on any atom is -0.299 e. The Hall–Kier alpha value is -0.590. The molecule has 1 rings (SSSR count). The van der Waals surface area contributed by atoms with Gasteiger partial charge in [-0.05, 0) is 32.1 Å². The van der Waals surface area contributed by atoms with Crippen molar-refractivity contribution in [3.05, 3.63) is 12.2 Å². The summed E-state index contributed by atoms with van der Waals surface area (Å²) >= 11 is 0. The summed E-state index contributed by atoms with van der Waals surface area (Å²) < 4.78 is 0. The molecule has 0 aromatic carbocycles. The molecule has 0 amide bonds. The molecule has 1 saturated carbocycles. The zero-order chi connectivity index (χ0) is 10.2. The molecule has 1 unspecified atom stereocenters. The van der Waals surface area contributed by atoms with Gasteiger partial charge in [0.1, 0.15) is 5.78 Å². The highest BCUT2D eigenvalue weighted by Crippen LogP contribution is 2.24. The van der Waals surface area contributed by atoms with Crippen LogP contribution in [0.15, 0.2) is 12.2 Å². The molecule has 0 heterocycles. The zero-order valence-electron chi connectivity index (χ0n) is 9.30. The number of carbonyl (C=O) groups excluding carboxylic acids is 1. The maximum Gasteiger partial charge on any atom is 0.136 e. The molecule has 1 heteroatoms. The van der Waals surface area contributed by atoms with Gasteiger partial charge in [-0.15, -0.1) is 0 Å². The molecule has 0 aromatic heterocycles. The lowest BCUT2D eigenvalue weighted by molar-refractivity contribution is -0.120. The number of hydrogen-bond acceptors (Lipinski definition) is 1. The quantitative estimate of drug-likeness (QED) is 0.463. The monoisotopic (exact) mass is 194 g/mol. The van der Waals surface area contributed by atoms with Crippen LogP contribution in [0, 0.1) is 5.92 Å². The molecule has 80 valence electrons. The number of unbranched alkanes of at least 4 members (excludes halogenated alkanes) is 3. The second-order valence-electron chi connectivity index (χ2n) is 4.26. The molecule has 0 saturated heterocycles. The summed E-state index contributed by atoms with van der Waals surface area (Å²) in [6.45, 7) is 2.22. The van der Waals surface area contributed by atoms with Gasteiger partial charge in [0.2, 0.25) is 0 Å². The van der Waals surface area contributed by atoms with Crippen molar-refractivity contribution in [2.75, 3.05) is 0 Å². The van der Waals surface area contributed by atoms with E-state index in [1.807, 2.05) is 0 Å². The van der Waals surface area contributed by atoms with Gasteiger partial charge in [0.15, 0.2) is 0 Å². The predicted molar refractivity (Wildman–Crippen MR) is 60.2 cm³/mol. The van der Waals surface area contributed by atoms with Crippen molar-refractivity contribution in [2.24, 2.45) is 5.92 Å². The van der Waals surface area contributed by atoms with Crippen LogP contribution in [0.3, 0.4) is 0 Å². The predicted octanol–water partition coefficient (Wildman–Crippen LogP) is 3.88. The molecular weight excluding hydrogens is 172 g/mol. The Morgan fingerprint density at radius 1 is 1.36 bits per heavy atom. The first-order valence-electron chi connectivity index (χ1n) is 6.02. The van der Waals surface area contributed by atoms with Gasteiger partial charge < -0.3 is 0 Å². The number of hydrogen-bond donors (Lipinski definition) is 0. The molecule has 0 radical (unpaired) electrons. The highest BCUT2D eigenvalue weighted by Gasteiger charge is 2.22. The normalized spacial score (nSPS) is 22.4. The van der Waals surface area contributed by atoms with Crippen LogP contribution in [-0.4, -0.2) is 5.78 Å². The molecule has 14 heavy (non-hydrogen) atoms. The Labute approximate surface area is 87.6 Å². The van der Waals surface area contributed by atoms with Gasteiger partial charge in [0.25, 0.3) is 0 Å². The average Bonchev–Trinajstić information content (AvgIpc) is 2.58. The van der Waals surface area contributed by atoms with Crippen LogP contribution < -0.4 is 0 Å². The number of rotatable bonds is 6. The molecule has 1 fully saturated rings. The molecule has 1 nitrogen and oxygen atoms in total. The number of Topliss-reactive ketones (excluding diaryl/α,β-unsaturated/α-hetero) is 1. The first-order valence-corrected chi connectivity index (χ1v) is 6.02. The van der Waals surface area contributed by atoms with Crippen LogP contribution in [-0.2, 0) is 4.79 Å². The van der Waals surface area contributed by atoms with Gasteiger partial charge in [-0.1, -0.05) is 31.9 Å². The van der Waals surface area contributed by atoms with Crippen LogP contribution in [0.4, 0.5) is 0 Å². The van der Waals surface area contributed by atoms with E-state index < -0.39 is 0 Å². The van der Waals surface area contributed by atoms with Crippen molar-refractivity contribution >= 4 is 5.78 Å². The standard InChI is InChI=1S/C13H22O/c1-2-3-4-5-6-7-9-12-10-8-11-13(12)14/h6-7,12H,2-5,8-11H2,1H3/b7-6+. The third-order valence-electron chi connectivity index (χ3n) is 2.99. The van der Waals surface area contributed by atoms with Gasteiger partial charge in [-0.3, -0.25) is 4.79 Å². The smallest absolute Gasteiger partial charge is 0.136 e. The van der Waals surface area contributed by atoms with Crippen molar-refractivity contribution in [2.45, 2.75) is 58.3 Å². The third kappa shape index (κ3) is 4.08. The summed E-state index contributed by atoms with van der Waals surface area (Å²) in [5.74, 6) is 0.848. The Morgan fingerprint density at radius 2 is 2.21 bits per heavy atom. The molecule has 0 aliphatic heterocycles. The van der Waals surface area contributed by atoms with E-state index in [9.17, 15) is 4.79 Å². The number of allylic oxidation sites excluding steroid dienone is 2. The second-order valence-corrected chi connectivity index (χ2v) is 4.26. The van der Waals surface area contributed by atoms with E-state index in [1.54, 1.807) is 0 Å². The van der Waals surface area contributed by atoms with Crippen LogP contribution in [0.25, 0.3) is 0 Å². The maximum atomic E-state index is 11.3. The topological polar surface area (TPSA) is 17.1 Å². The average molecular weight is 194 g/mol. The van der Waals surface area contributed by atoms with Crippen molar-refractivity contribution in [1.82, 2.24) is 0 Å². The molecular formula is C13H22O. The van der Waals surface area contributed by atoms with E-state index in [0.717, 1.165) is 25.7 Å². The van der Waals surface area contributed by atoms with Gasteiger partial charge in [-0.2, -0.15) is 0 Å². The van der Waals surface area contributed by atoms with Crippen molar-refractivity contribution < 1.29 is 4.79 Å². The lowest BCUT2D eigenvalue weighted by Crippen LogP contribution is -2.03. The SMILES string of the molecule is CCCCC/C=C/CC1CCCC1=O. The summed E-state index contributed by atoms with van der Waals surface area (Å²) in [5.41, 5.74) is 0. The summed E-state index contributed by atoms with van der Waals surface area (Å²) in [6.07, 6.45) is 13.6. The highest BCUT2D eigenvalue weighted by molar-refractivity contribution is 5.82. The number of carbonyl (C=O) groups is 1. The molecule has 1 atom stereocenters. The Morgan fingerprint density at radius 3 is 2.86 bits per heavy atom. The van der Waals surface area contributed by atoms with Crippen molar-refractivity contribution in [1.29, 1.82) is 0 Å². The first kappa shape index (κ1) is 11.5. The fourth-order valence-corrected chi connectivity index (χ4v) is 2.03. The molecule has 1 aliphatic rings. The van der Waals surface area contributed by atoms with E-state index in [2.05, 4.69) is 19.1 Å². The van der Waals surface area contributed by atoms with E-state index in [1.165, 1.54) is 25.7 Å². The Bertz CT molecular complexity index is 193. The van der Waals surface area contributed by atoms with Crippen molar-refractivity contribution in [3.63, 3.8) is 0 Å². The van der Waals surface area contributed by atoms with Crippen LogP contribution in [0.1, 0.15) is 58.3 Å². The summed E-state index contributed by atoms with van der Waals surface area (Å²) in [4.78, 5) is 11.3. The van der Waals surface area contributed by atoms with Gasteiger partial charge >= 0.3 is 0 Å². The minimum atomic E-state index is 0.359. The second kappa shape index (κ2) is 6.80. The fourth-order valence-electron chi connectivity index (χ4n) is 2.03. The third-order valence-corrected chi connectivity index (χ3v) is 2.99. The zero-order valence-corrected chi connectivity index (χ0v) is 9.30. The van der Waals surface area contributed by atoms with E-state index in [0.29, 0.717) is 11.7 Å². The summed E-state index contributed by atoms with van der Waals surface area (Å²) in [6, 6.07) is 0. The van der Waals surface area contributed by atoms with Crippen LogP contribution in [0.5, 0.6) is 0 Å². The molecule has 0 aromatic rings. The van der Waals surface area contributed by atoms with E-state index >= 15 is 0 Å². The van der Waals surface area contributed by atoms with E-state index in [-0.39, 0.29) is 0 Å². The van der Waals surface area contributed by atoms with Crippen molar-refractivity contribution in [3.8, 4) is 0 Å². The highest BCUT2D eigenvalue weighted by atomic mass is 16.1. The molecule has 0 bridgehead atoms. The van der Waals surface area contributed by atoms with Gasteiger partial charge in [0, 0.05) is 12.3 Å². The minimum absolute atomic E-state index is 0.359. The van der Waals surface area contributed by atoms with Crippen LogP contribution >= 0.6 is 0 Å². The number of ketones is 1. The largest absolute Gasteiger partial charge is 0.299 e. The fraction of sp³-hybridized carbons (Fsp3) is 0.769. The molecule has 1 aliphatic carbocycles. The Balaban J connectivity index is 2.04. The lowest BCUT2D eigenvalue weighted by atomic mass is 10.0. The van der Waals surface area contributed by atoms with Gasteiger partial charge in [-0.25, -0.2) is 0 Å². The van der Waals surface area contributed by atoms with Gasteiger partial charge in [0.05, 0.1) is 0 Å². The first-order chi connectivity index (χ1) is 6.84. The van der Waals surface area contributed by atoms with Crippen LogP contribution in [0.2, 0.25) is 0 Å². The molecule has 0 N–H and O–H groups in total.